The average molecular weight is 385 g/mol. The number of ether oxygens (including phenoxy) is 1. The molecule has 27 heavy (non-hydrogen) atoms. The van der Waals surface area contributed by atoms with Crippen LogP contribution in [0.25, 0.3) is 11.0 Å². The molecule has 6 nitrogen and oxygen atoms in total. The van der Waals surface area contributed by atoms with Crippen molar-refractivity contribution in [3.05, 3.63) is 74.6 Å². The molecule has 0 saturated heterocycles. The lowest BCUT2D eigenvalue weighted by atomic mass is 10.1. The monoisotopic (exact) mass is 384 g/mol. The number of hydrogen-bond acceptors (Lipinski definition) is 5. The zero-order chi connectivity index (χ0) is 19.4. The van der Waals surface area contributed by atoms with Crippen molar-refractivity contribution < 1.29 is 13.9 Å². The maximum atomic E-state index is 11.8. The SMILES string of the molecule is Cc1c(C)c2ccc(OCC(=O)N/N=C/c3ccc(Cl)cc3)cc2oc1=O. The van der Waals surface area contributed by atoms with Gasteiger partial charge in [0, 0.05) is 22.0 Å². The Kier molecular flexibility index (Phi) is 5.57. The summed E-state index contributed by atoms with van der Waals surface area (Å²) in [6, 6.07) is 12.1. The number of fused-ring (bicyclic) bond motifs is 1. The van der Waals surface area contributed by atoms with Crippen LogP contribution in [0, 0.1) is 13.8 Å². The maximum absolute atomic E-state index is 11.8. The highest BCUT2D eigenvalue weighted by atomic mass is 35.5. The lowest BCUT2D eigenvalue weighted by Crippen LogP contribution is -2.24. The van der Waals surface area contributed by atoms with Crippen LogP contribution in [-0.2, 0) is 4.79 Å². The van der Waals surface area contributed by atoms with Gasteiger partial charge in [0.25, 0.3) is 5.91 Å². The van der Waals surface area contributed by atoms with Gasteiger partial charge in [0.2, 0.25) is 0 Å². The molecular formula is C20H17ClN2O4. The van der Waals surface area contributed by atoms with Crippen LogP contribution in [0.5, 0.6) is 5.75 Å². The van der Waals surface area contributed by atoms with E-state index in [1.807, 2.05) is 6.92 Å². The third-order valence-electron chi connectivity index (χ3n) is 4.07. The number of carbonyl (C=O) groups excluding carboxylic acids is 1. The fraction of sp³-hybridized carbons (Fsp3) is 0.150. The second-order valence-corrected chi connectivity index (χ2v) is 6.37. The Labute approximate surface area is 160 Å². The number of amides is 1. The molecule has 1 N–H and O–H groups in total. The van der Waals surface area contributed by atoms with E-state index in [4.69, 9.17) is 20.8 Å². The summed E-state index contributed by atoms with van der Waals surface area (Å²) in [7, 11) is 0. The van der Waals surface area contributed by atoms with Gasteiger partial charge in [-0.2, -0.15) is 5.10 Å². The average Bonchev–Trinajstić information content (AvgIpc) is 2.66. The summed E-state index contributed by atoms with van der Waals surface area (Å²) in [5.74, 6) is 0.00702. The summed E-state index contributed by atoms with van der Waals surface area (Å²) in [4.78, 5) is 23.6. The summed E-state index contributed by atoms with van der Waals surface area (Å²) >= 11 is 5.80. The number of nitrogens with one attached hydrogen (secondary N) is 1. The molecule has 0 aliphatic heterocycles. The Morgan fingerprint density at radius 1 is 1.19 bits per heavy atom. The van der Waals surface area contributed by atoms with Gasteiger partial charge in [0.05, 0.1) is 6.21 Å². The molecule has 0 aliphatic carbocycles. The minimum Gasteiger partial charge on any atom is -0.484 e. The van der Waals surface area contributed by atoms with E-state index in [-0.39, 0.29) is 12.2 Å². The van der Waals surface area contributed by atoms with E-state index in [0.717, 1.165) is 16.5 Å². The number of rotatable bonds is 5. The molecule has 0 unspecified atom stereocenters. The van der Waals surface area contributed by atoms with Crippen LogP contribution >= 0.6 is 11.6 Å². The van der Waals surface area contributed by atoms with Gasteiger partial charge >= 0.3 is 5.63 Å². The van der Waals surface area contributed by atoms with Crippen molar-refractivity contribution in [1.82, 2.24) is 5.43 Å². The highest BCUT2D eigenvalue weighted by molar-refractivity contribution is 6.30. The zero-order valence-electron chi connectivity index (χ0n) is 14.8. The molecule has 0 radical (unpaired) electrons. The number of hydrogen-bond donors (Lipinski definition) is 1. The Bertz CT molecular complexity index is 1070. The fourth-order valence-corrected chi connectivity index (χ4v) is 2.55. The van der Waals surface area contributed by atoms with Crippen molar-refractivity contribution in [3.8, 4) is 5.75 Å². The highest BCUT2D eigenvalue weighted by Crippen LogP contribution is 2.23. The van der Waals surface area contributed by atoms with E-state index in [1.54, 1.807) is 49.4 Å². The van der Waals surface area contributed by atoms with Gasteiger partial charge < -0.3 is 9.15 Å². The van der Waals surface area contributed by atoms with Crippen LogP contribution in [-0.4, -0.2) is 18.7 Å². The van der Waals surface area contributed by atoms with Gasteiger partial charge in [-0.15, -0.1) is 0 Å². The smallest absolute Gasteiger partial charge is 0.339 e. The topological polar surface area (TPSA) is 80.9 Å². The first-order valence-corrected chi connectivity index (χ1v) is 8.56. The molecule has 0 aliphatic rings. The zero-order valence-corrected chi connectivity index (χ0v) is 15.5. The predicted octanol–water partition coefficient (Wildman–Crippen LogP) is 3.59. The van der Waals surface area contributed by atoms with E-state index in [1.165, 1.54) is 6.21 Å². The van der Waals surface area contributed by atoms with Crippen LogP contribution < -0.4 is 15.8 Å². The maximum Gasteiger partial charge on any atom is 0.339 e. The molecule has 0 spiro atoms. The molecule has 2 aromatic carbocycles. The minimum absolute atomic E-state index is 0.224. The normalized spacial score (nSPS) is 11.1. The van der Waals surface area contributed by atoms with E-state index in [0.29, 0.717) is 21.9 Å². The van der Waals surface area contributed by atoms with E-state index < -0.39 is 5.91 Å². The van der Waals surface area contributed by atoms with Gasteiger partial charge in [0.15, 0.2) is 6.61 Å². The van der Waals surface area contributed by atoms with E-state index >= 15 is 0 Å². The molecule has 1 aromatic heterocycles. The van der Waals surface area contributed by atoms with Gasteiger partial charge in [0.1, 0.15) is 11.3 Å². The summed E-state index contributed by atoms with van der Waals surface area (Å²) < 4.78 is 10.7. The summed E-state index contributed by atoms with van der Waals surface area (Å²) in [6.07, 6.45) is 1.50. The number of nitrogens with zero attached hydrogens (tertiary/aromatic N) is 1. The van der Waals surface area contributed by atoms with Crippen LogP contribution in [0.3, 0.4) is 0 Å². The van der Waals surface area contributed by atoms with Crippen LogP contribution in [0.15, 0.2) is 56.8 Å². The van der Waals surface area contributed by atoms with Crippen molar-refractivity contribution in [2.45, 2.75) is 13.8 Å². The number of benzene rings is 2. The molecule has 0 bridgehead atoms. The molecule has 3 aromatic rings. The Balaban J connectivity index is 1.60. The minimum atomic E-state index is -0.415. The van der Waals surface area contributed by atoms with Crippen molar-refractivity contribution in [2.24, 2.45) is 5.10 Å². The fourth-order valence-electron chi connectivity index (χ4n) is 2.43. The molecule has 1 heterocycles. The predicted molar refractivity (Wildman–Crippen MR) is 105 cm³/mol. The first-order chi connectivity index (χ1) is 12.9. The molecule has 1 amide bonds. The quantitative estimate of drug-likeness (QED) is 0.414. The molecule has 138 valence electrons. The lowest BCUT2D eigenvalue weighted by molar-refractivity contribution is -0.123. The Morgan fingerprint density at radius 2 is 1.93 bits per heavy atom. The third kappa shape index (κ3) is 4.54. The second-order valence-electron chi connectivity index (χ2n) is 5.93. The van der Waals surface area contributed by atoms with Crippen molar-refractivity contribution in [2.75, 3.05) is 6.61 Å². The summed E-state index contributed by atoms with van der Waals surface area (Å²) in [5.41, 5.74) is 4.66. The number of carbonyl (C=O) groups is 1. The standard InChI is InChI=1S/C20H17ClN2O4/c1-12-13(2)20(25)27-18-9-16(7-8-17(12)18)26-11-19(24)23-22-10-14-3-5-15(21)6-4-14/h3-10H,11H2,1-2H3,(H,23,24)/b22-10+. The van der Waals surface area contributed by atoms with Crippen molar-refractivity contribution >= 4 is 34.7 Å². The van der Waals surface area contributed by atoms with Crippen molar-refractivity contribution in [1.29, 1.82) is 0 Å². The Hall–Kier alpha value is -3.12. The Morgan fingerprint density at radius 3 is 2.67 bits per heavy atom. The van der Waals surface area contributed by atoms with E-state index in [2.05, 4.69) is 10.5 Å². The first kappa shape index (κ1) is 18.7. The lowest BCUT2D eigenvalue weighted by Gasteiger charge is -2.08. The molecule has 7 heteroatoms. The van der Waals surface area contributed by atoms with E-state index in [9.17, 15) is 9.59 Å². The van der Waals surface area contributed by atoms with Crippen LogP contribution in [0.2, 0.25) is 5.02 Å². The van der Waals surface area contributed by atoms with Gasteiger partial charge in [-0.05, 0) is 49.2 Å². The summed E-state index contributed by atoms with van der Waals surface area (Å²) in [5, 5.41) is 5.31. The van der Waals surface area contributed by atoms with Crippen LogP contribution in [0.4, 0.5) is 0 Å². The largest absolute Gasteiger partial charge is 0.484 e. The van der Waals surface area contributed by atoms with Gasteiger partial charge in [-0.3, -0.25) is 4.79 Å². The molecule has 3 rings (SSSR count). The molecular weight excluding hydrogens is 368 g/mol. The first-order valence-electron chi connectivity index (χ1n) is 8.18. The second kappa shape index (κ2) is 8.05. The summed E-state index contributed by atoms with van der Waals surface area (Å²) in [6.45, 7) is 3.36. The van der Waals surface area contributed by atoms with Gasteiger partial charge in [-0.25, -0.2) is 10.2 Å². The molecule has 0 atom stereocenters. The van der Waals surface area contributed by atoms with Crippen molar-refractivity contribution in [3.63, 3.8) is 0 Å². The highest BCUT2D eigenvalue weighted by Gasteiger charge is 2.09. The molecule has 0 fully saturated rings. The number of aryl methyl sites for hydroxylation is 1. The van der Waals surface area contributed by atoms with Gasteiger partial charge in [-0.1, -0.05) is 23.7 Å². The molecule has 0 saturated carbocycles. The number of hydrazone groups is 1. The van der Waals surface area contributed by atoms with Crippen LogP contribution in [0.1, 0.15) is 16.7 Å². The number of halogens is 1. The third-order valence-corrected chi connectivity index (χ3v) is 4.32.